The van der Waals surface area contributed by atoms with Gasteiger partial charge in [0.15, 0.2) is 5.78 Å². The third-order valence-electron chi connectivity index (χ3n) is 2.31. The molecule has 0 saturated carbocycles. The van der Waals surface area contributed by atoms with Gasteiger partial charge in [0.05, 0.1) is 0 Å². The SMILES string of the molecule is O=C1CCCc2ccc(I)c(Br)c21. The molecule has 0 aliphatic heterocycles. The van der Waals surface area contributed by atoms with Gasteiger partial charge in [-0.1, -0.05) is 6.07 Å². The monoisotopic (exact) mass is 350 g/mol. The quantitative estimate of drug-likeness (QED) is 0.654. The Morgan fingerprint density at radius 2 is 2.08 bits per heavy atom. The number of Topliss-reactive ketones (excluding diaryl/α,β-unsaturated/α-hetero) is 1. The summed E-state index contributed by atoms with van der Waals surface area (Å²) in [6.45, 7) is 0. The number of rotatable bonds is 0. The molecule has 0 amide bonds. The van der Waals surface area contributed by atoms with Crippen molar-refractivity contribution in [2.24, 2.45) is 0 Å². The molecule has 0 fully saturated rings. The lowest BCUT2D eigenvalue weighted by atomic mass is 9.91. The second-order valence-corrected chi connectivity index (χ2v) is 5.13. The molecule has 0 unspecified atom stereocenters. The topological polar surface area (TPSA) is 17.1 Å². The largest absolute Gasteiger partial charge is 0.294 e. The minimum atomic E-state index is 0.284. The number of fused-ring (bicyclic) bond motifs is 1. The molecule has 0 heterocycles. The molecule has 68 valence electrons. The number of benzene rings is 1. The van der Waals surface area contributed by atoms with Gasteiger partial charge in [-0.3, -0.25) is 4.79 Å². The van der Waals surface area contributed by atoms with Crippen LogP contribution in [0, 0.1) is 3.57 Å². The van der Waals surface area contributed by atoms with Crippen molar-refractivity contribution in [1.82, 2.24) is 0 Å². The van der Waals surface area contributed by atoms with Gasteiger partial charge in [0.2, 0.25) is 0 Å². The van der Waals surface area contributed by atoms with Gasteiger partial charge in [-0.25, -0.2) is 0 Å². The zero-order chi connectivity index (χ0) is 9.42. The molecular weight excluding hydrogens is 343 g/mol. The number of hydrogen-bond donors (Lipinski definition) is 0. The van der Waals surface area contributed by atoms with Crippen LogP contribution in [0.3, 0.4) is 0 Å². The second-order valence-electron chi connectivity index (χ2n) is 3.17. The van der Waals surface area contributed by atoms with Crippen LogP contribution in [-0.4, -0.2) is 5.78 Å². The third-order valence-corrected chi connectivity index (χ3v) is 4.77. The van der Waals surface area contributed by atoms with Crippen molar-refractivity contribution in [2.75, 3.05) is 0 Å². The maximum atomic E-state index is 11.6. The van der Waals surface area contributed by atoms with Gasteiger partial charge < -0.3 is 0 Å². The van der Waals surface area contributed by atoms with E-state index in [0.29, 0.717) is 6.42 Å². The van der Waals surface area contributed by atoms with Crippen LogP contribution in [0.1, 0.15) is 28.8 Å². The van der Waals surface area contributed by atoms with E-state index in [-0.39, 0.29) is 5.78 Å². The van der Waals surface area contributed by atoms with E-state index >= 15 is 0 Å². The van der Waals surface area contributed by atoms with Crippen molar-refractivity contribution >= 4 is 44.3 Å². The minimum Gasteiger partial charge on any atom is -0.294 e. The molecule has 0 bridgehead atoms. The van der Waals surface area contributed by atoms with E-state index in [4.69, 9.17) is 0 Å². The van der Waals surface area contributed by atoms with E-state index < -0.39 is 0 Å². The average Bonchev–Trinajstić information content (AvgIpc) is 2.12. The number of carbonyl (C=O) groups is 1. The van der Waals surface area contributed by atoms with Crippen molar-refractivity contribution in [3.63, 3.8) is 0 Å². The van der Waals surface area contributed by atoms with E-state index in [1.807, 2.05) is 0 Å². The third kappa shape index (κ3) is 1.68. The predicted octanol–water partition coefficient (Wildman–Crippen LogP) is 3.57. The molecule has 0 N–H and O–H groups in total. The van der Waals surface area contributed by atoms with Crippen LogP contribution in [0.15, 0.2) is 16.6 Å². The van der Waals surface area contributed by atoms with Gasteiger partial charge in [-0.05, 0) is 63.0 Å². The van der Waals surface area contributed by atoms with Gasteiger partial charge >= 0.3 is 0 Å². The number of carbonyl (C=O) groups excluding carboxylic acids is 1. The normalized spacial score (nSPS) is 15.7. The van der Waals surface area contributed by atoms with Crippen LogP contribution in [-0.2, 0) is 6.42 Å². The molecule has 13 heavy (non-hydrogen) atoms. The molecule has 0 aromatic heterocycles. The molecule has 1 aromatic rings. The lowest BCUT2D eigenvalue weighted by Gasteiger charge is -2.16. The number of aryl methyl sites for hydroxylation is 1. The fraction of sp³-hybridized carbons (Fsp3) is 0.300. The van der Waals surface area contributed by atoms with Crippen LogP contribution in [0.4, 0.5) is 0 Å². The first-order valence-corrected chi connectivity index (χ1v) is 6.07. The number of hydrogen-bond acceptors (Lipinski definition) is 1. The molecule has 1 aliphatic carbocycles. The van der Waals surface area contributed by atoms with Gasteiger partial charge in [-0.15, -0.1) is 0 Å². The summed E-state index contributed by atoms with van der Waals surface area (Å²) >= 11 is 5.72. The predicted molar refractivity (Wildman–Crippen MR) is 64.1 cm³/mol. The number of halogens is 2. The highest BCUT2D eigenvalue weighted by Gasteiger charge is 2.20. The van der Waals surface area contributed by atoms with Crippen LogP contribution in [0.5, 0.6) is 0 Å². The van der Waals surface area contributed by atoms with Gasteiger partial charge in [-0.2, -0.15) is 0 Å². The molecule has 1 aromatic carbocycles. The average molecular weight is 351 g/mol. The molecule has 2 rings (SSSR count). The molecular formula is C10H8BrIO. The van der Waals surface area contributed by atoms with Crippen molar-refractivity contribution in [3.8, 4) is 0 Å². The maximum absolute atomic E-state index is 11.6. The van der Waals surface area contributed by atoms with E-state index in [2.05, 4.69) is 50.7 Å². The zero-order valence-electron chi connectivity index (χ0n) is 6.94. The van der Waals surface area contributed by atoms with Gasteiger partial charge in [0.25, 0.3) is 0 Å². The standard InChI is InChI=1S/C10H8BrIO/c11-10-7(12)5-4-6-2-1-3-8(13)9(6)10/h4-5H,1-3H2. The smallest absolute Gasteiger partial charge is 0.164 e. The minimum absolute atomic E-state index is 0.284. The Morgan fingerprint density at radius 3 is 2.85 bits per heavy atom. The van der Waals surface area contributed by atoms with E-state index in [9.17, 15) is 4.79 Å². The fourth-order valence-corrected chi connectivity index (χ4v) is 2.72. The zero-order valence-corrected chi connectivity index (χ0v) is 10.7. The molecule has 0 radical (unpaired) electrons. The van der Waals surface area contributed by atoms with Crippen LogP contribution in [0.2, 0.25) is 0 Å². The first kappa shape index (κ1) is 9.65. The highest BCUT2D eigenvalue weighted by atomic mass is 127. The summed E-state index contributed by atoms with van der Waals surface area (Å²) in [5.41, 5.74) is 2.11. The van der Waals surface area contributed by atoms with Crippen molar-refractivity contribution in [1.29, 1.82) is 0 Å². The molecule has 3 heteroatoms. The Hall–Kier alpha value is 0.1000. The molecule has 1 aliphatic rings. The Labute approximate surface area is 99.2 Å². The molecule has 1 nitrogen and oxygen atoms in total. The fourth-order valence-electron chi connectivity index (χ4n) is 1.66. The van der Waals surface area contributed by atoms with Crippen molar-refractivity contribution in [3.05, 3.63) is 31.3 Å². The van der Waals surface area contributed by atoms with Gasteiger partial charge in [0, 0.05) is 20.0 Å². The lowest BCUT2D eigenvalue weighted by molar-refractivity contribution is 0.0971. The van der Waals surface area contributed by atoms with Gasteiger partial charge in [0.1, 0.15) is 0 Å². The van der Waals surface area contributed by atoms with Crippen LogP contribution >= 0.6 is 38.5 Å². The Balaban J connectivity index is 2.65. The summed E-state index contributed by atoms with van der Waals surface area (Å²) in [5, 5.41) is 0. The summed E-state index contributed by atoms with van der Waals surface area (Å²) in [4.78, 5) is 11.6. The first-order chi connectivity index (χ1) is 6.20. The molecule has 0 saturated heterocycles. The Kier molecular flexibility index (Phi) is 2.74. The Morgan fingerprint density at radius 1 is 1.31 bits per heavy atom. The summed E-state index contributed by atoms with van der Waals surface area (Å²) in [6.07, 6.45) is 2.74. The summed E-state index contributed by atoms with van der Waals surface area (Å²) < 4.78 is 2.10. The van der Waals surface area contributed by atoms with E-state index in [1.54, 1.807) is 0 Å². The second kappa shape index (κ2) is 3.69. The summed E-state index contributed by atoms with van der Waals surface area (Å²) in [6, 6.07) is 4.13. The highest BCUT2D eigenvalue weighted by Crippen LogP contribution is 2.31. The van der Waals surface area contributed by atoms with Crippen molar-refractivity contribution in [2.45, 2.75) is 19.3 Å². The number of ketones is 1. The van der Waals surface area contributed by atoms with Crippen LogP contribution < -0.4 is 0 Å². The summed E-state index contributed by atoms with van der Waals surface area (Å²) in [5.74, 6) is 0.284. The van der Waals surface area contributed by atoms with E-state index in [1.165, 1.54) is 5.56 Å². The molecule has 0 spiro atoms. The van der Waals surface area contributed by atoms with E-state index in [0.717, 1.165) is 26.4 Å². The Bertz CT molecular complexity index is 373. The first-order valence-electron chi connectivity index (χ1n) is 4.20. The maximum Gasteiger partial charge on any atom is 0.164 e. The van der Waals surface area contributed by atoms with Crippen LogP contribution in [0.25, 0.3) is 0 Å². The lowest BCUT2D eigenvalue weighted by Crippen LogP contribution is -2.12. The highest BCUT2D eigenvalue weighted by molar-refractivity contribution is 14.1. The van der Waals surface area contributed by atoms with Crippen molar-refractivity contribution < 1.29 is 4.79 Å². The molecule has 0 atom stereocenters. The summed E-state index contributed by atoms with van der Waals surface area (Å²) in [7, 11) is 0.